The number of hydrogen-bond acceptors (Lipinski definition) is 7. The maximum Gasteiger partial charge on any atom is 0.258 e. The number of aryl methyl sites for hydroxylation is 2. The number of amides is 1. The molecule has 3 aromatic heterocycles. The van der Waals surface area contributed by atoms with Gasteiger partial charge in [0.05, 0.1) is 42.3 Å². The molecule has 8 nitrogen and oxygen atoms in total. The molecule has 0 bridgehead atoms. The van der Waals surface area contributed by atoms with E-state index in [2.05, 4.69) is 15.4 Å². The lowest BCUT2D eigenvalue weighted by molar-refractivity contribution is 0.102. The summed E-state index contributed by atoms with van der Waals surface area (Å²) < 4.78 is 12.5. The third kappa shape index (κ3) is 4.22. The maximum atomic E-state index is 13.5. The van der Waals surface area contributed by atoms with Crippen molar-refractivity contribution >= 4 is 33.4 Å². The quantitative estimate of drug-likeness (QED) is 0.349. The van der Waals surface area contributed by atoms with Gasteiger partial charge in [0.1, 0.15) is 11.5 Å². The molecule has 2 aromatic carbocycles. The van der Waals surface area contributed by atoms with Gasteiger partial charge < -0.3 is 9.47 Å². The number of ether oxygens (including phenoxy) is 2. The van der Waals surface area contributed by atoms with Crippen LogP contribution in [0.4, 0.5) is 5.13 Å². The Balaban J connectivity index is 1.51. The van der Waals surface area contributed by atoms with E-state index in [0.717, 1.165) is 22.2 Å². The fourth-order valence-corrected chi connectivity index (χ4v) is 4.72. The summed E-state index contributed by atoms with van der Waals surface area (Å²) in [5.74, 6) is 1.06. The van der Waals surface area contributed by atoms with Crippen LogP contribution in [0.1, 0.15) is 16.1 Å². The minimum absolute atomic E-state index is 0.270. The predicted octanol–water partition coefficient (Wildman–Crippen LogP) is 5.34. The zero-order valence-electron chi connectivity index (χ0n) is 19.7. The van der Waals surface area contributed by atoms with Crippen molar-refractivity contribution in [2.45, 2.75) is 6.92 Å². The minimum Gasteiger partial charge on any atom is -0.497 e. The van der Waals surface area contributed by atoms with Crippen molar-refractivity contribution in [3.05, 3.63) is 71.2 Å². The molecule has 0 atom stereocenters. The number of aromatic nitrogens is 4. The van der Waals surface area contributed by atoms with Gasteiger partial charge in [-0.15, -0.1) is 11.3 Å². The summed E-state index contributed by atoms with van der Waals surface area (Å²) in [5.41, 5.74) is 5.02. The molecule has 0 aliphatic heterocycles. The molecule has 3 heterocycles. The van der Waals surface area contributed by atoms with Gasteiger partial charge in [-0.1, -0.05) is 30.3 Å². The van der Waals surface area contributed by atoms with Crippen molar-refractivity contribution in [1.29, 1.82) is 0 Å². The molecule has 176 valence electrons. The maximum absolute atomic E-state index is 13.5. The van der Waals surface area contributed by atoms with Crippen molar-refractivity contribution in [3.63, 3.8) is 0 Å². The molecular weight excluding hydrogens is 462 g/mol. The van der Waals surface area contributed by atoms with Crippen LogP contribution >= 0.6 is 11.3 Å². The summed E-state index contributed by atoms with van der Waals surface area (Å²) in [6, 6.07) is 17.1. The van der Waals surface area contributed by atoms with Crippen molar-refractivity contribution in [1.82, 2.24) is 19.7 Å². The van der Waals surface area contributed by atoms with Crippen molar-refractivity contribution < 1.29 is 14.3 Å². The third-order valence-electron chi connectivity index (χ3n) is 5.69. The largest absolute Gasteiger partial charge is 0.497 e. The topological polar surface area (TPSA) is 91.2 Å². The molecule has 35 heavy (non-hydrogen) atoms. The monoisotopic (exact) mass is 485 g/mol. The Hall–Kier alpha value is -4.24. The first kappa shape index (κ1) is 22.5. The summed E-state index contributed by atoms with van der Waals surface area (Å²) in [4.78, 5) is 22.9. The molecular formula is C26H23N5O3S. The van der Waals surface area contributed by atoms with Crippen LogP contribution in [0.3, 0.4) is 0 Å². The number of nitrogens with zero attached hydrogens (tertiary/aromatic N) is 4. The van der Waals surface area contributed by atoms with Crippen LogP contribution in [0.2, 0.25) is 0 Å². The first-order valence-corrected chi connectivity index (χ1v) is 11.8. The first-order valence-electron chi connectivity index (χ1n) is 10.9. The second-order valence-electron chi connectivity index (χ2n) is 7.89. The average Bonchev–Trinajstić information content (AvgIpc) is 3.47. The van der Waals surface area contributed by atoms with Gasteiger partial charge in [-0.05, 0) is 25.1 Å². The van der Waals surface area contributed by atoms with Crippen molar-refractivity contribution in [3.8, 4) is 34.0 Å². The second kappa shape index (κ2) is 9.19. The second-order valence-corrected chi connectivity index (χ2v) is 8.75. The van der Waals surface area contributed by atoms with E-state index in [9.17, 15) is 4.79 Å². The lowest BCUT2D eigenvalue weighted by atomic mass is 10.1. The number of pyridine rings is 1. The molecule has 0 saturated heterocycles. The third-order valence-corrected chi connectivity index (χ3v) is 6.45. The fraction of sp³-hybridized carbons (Fsp3) is 0.154. The van der Waals surface area contributed by atoms with Gasteiger partial charge in [0.25, 0.3) is 5.91 Å². The molecule has 1 amide bonds. The van der Waals surface area contributed by atoms with E-state index in [0.29, 0.717) is 39.2 Å². The molecule has 1 N–H and O–H groups in total. The summed E-state index contributed by atoms with van der Waals surface area (Å²) >= 11 is 1.35. The number of fused-ring (bicyclic) bond motifs is 1. The van der Waals surface area contributed by atoms with Crippen LogP contribution in [-0.4, -0.2) is 39.9 Å². The Morgan fingerprint density at radius 1 is 1.00 bits per heavy atom. The lowest BCUT2D eigenvalue weighted by Gasteiger charge is -2.09. The molecule has 5 rings (SSSR count). The van der Waals surface area contributed by atoms with Crippen molar-refractivity contribution in [2.24, 2.45) is 7.05 Å². The fourth-order valence-electron chi connectivity index (χ4n) is 4.01. The number of carbonyl (C=O) groups is 1. The number of thiazole rings is 1. The number of nitrogens with one attached hydrogen (secondary N) is 1. The van der Waals surface area contributed by atoms with E-state index >= 15 is 0 Å². The lowest BCUT2D eigenvalue weighted by Crippen LogP contribution is -2.13. The van der Waals surface area contributed by atoms with Crippen LogP contribution in [0.15, 0.2) is 60.0 Å². The standard InChI is InChI=1S/C26H23N5O3S/c1-15-23-19(13-20(16-8-6-5-7-9-16)27-24(23)31(2)30-15)25(32)29-26-28-21(14-35-26)18-11-10-17(33-3)12-22(18)34-4/h5-14H,1-4H3,(H,28,29,32). The van der Waals surface area contributed by atoms with E-state index in [1.807, 2.05) is 67.9 Å². The predicted molar refractivity (Wildman–Crippen MR) is 137 cm³/mol. The Labute approximate surface area is 206 Å². The number of anilines is 1. The molecule has 5 aromatic rings. The Bertz CT molecular complexity index is 1540. The Morgan fingerprint density at radius 3 is 2.54 bits per heavy atom. The summed E-state index contributed by atoms with van der Waals surface area (Å²) in [7, 11) is 5.03. The number of hydrogen-bond donors (Lipinski definition) is 1. The number of carbonyl (C=O) groups excluding carboxylic acids is 1. The number of methoxy groups -OCH3 is 2. The highest BCUT2D eigenvalue weighted by Gasteiger charge is 2.21. The van der Waals surface area contributed by atoms with Gasteiger partial charge in [0.2, 0.25) is 0 Å². The Kier molecular flexibility index (Phi) is 5.92. The van der Waals surface area contributed by atoms with Gasteiger partial charge in [-0.3, -0.25) is 14.8 Å². The van der Waals surface area contributed by atoms with Gasteiger partial charge in [0.15, 0.2) is 10.8 Å². The van der Waals surface area contributed by atoms with E-state index in [1.165, 1.54) is 11.3 Å². The van der Waals surface area contributed by atoms with Crippen molar-refractivity contribution in [2.75, 3.05) is 19.5 Å². The van der Waals surface area contributed by atoms with Crippen LogP contribution in [-0.2, 0) is 7.05 Å². The molecule has 0 radical (unpaired) electrons. The van der Waals surface area contributed by atoms with Gasteiger partial charge >= 0.3 is 0 Å². The SMILES string of the molecule is COc1ccc(-c2csc(NC(=O)c3cc(-c4ccccc4)nc4c3c(C)nn4C)n2)c(OC)c1. The van der Waals surface area contributed by atoms with E-state index in [4.69, 9.17) is 14.5 Å². The zero-order valence-corrected chi connectivity index (χ0v) is 20.5. The molecule has 0 aliphatic carbocycles. The highest BCUT2D eigenvalue weighted by atomic mass is 32.1. The minimum atomic E-state index is -0.270. The zero-order chi connectivity index (χ0) is 24.5. The van der Waals surface area contributed by atoms with Crippen LogP contribution in [0.5, 0.6) is 11.5 Å². The smallest absolute Gasteiger partial charge is 0.258 e. The summed E-state index contributed by atoms with van der Waals surface area (Å²) in [6.45, 7) is 1.88. The molecule has 0 unspecified atom stereocenters. The van der Waals surface area contributed by atoms with Crippen LogP contribution < -0.4 is 14.8 Å². The number of benzene rings is 2. The van der Waals surface area contributed by atoms with E-state index < -0.39 is 0 Å². The van der Waals surface area contributed by atoms with Gasteiger partial charge in [-0.25, -0.2) is 9.97 Å². The van der Waals surface area contributed by atoms with Gasteiger partial charge in [-0.2, -0.15) is 5.10 Å². The Morgan fingerprint density at radius 2 is 1.80 bits per heavy atom. The normalized spacial score (nSPS) is 11.0. The highest BCUT2D eigenvalue weighted by molar-refractivity contribution is 7.14. The van der Waals surface area contributed by atoms with Crippen LogP contribution in [0, 0.1) is 6.92 Å². The number of rotatable bonds is 6. The van der Waals surface area contributed by atoms with E-state index in [-0.39, 0.29) is 5.91 Å². The van der Waals surface area contributed by atoms with Gasteiger partial charge in [0, 0.05) is 29.6 Å². The molecule has 0 fully saturated rings. The van der Waals surface area contributed by atoms with Crippen LogP contribution in [0.25, 0.3) is 33.5 Å². The molecule has 9 heteroatoms. The summed E-state index contributed by atoms with van der Waals surface area (Å²) in [6.07, 6.45) is 0. The highest BCUT2D eigenvalue weighted by Crippen LogP contribution is 2.35. The average molecular weight is 486 g/mol. The molecule has 0 spiro atoms. The summed E-state index contributed by atoms with van der Waals surface area (Å²) in [5, 5.41) is 10.5. The first-order chi connectivity index (χ1) is 17.0. The molecule has 0 saturated carbocycles. The van der Waals surface area contributed by atoms with E-state index in [1.54, 1.807) is 25.0 Å². The molecule has 0 aliphatic rings.